The summed E-state index contributed by atoms with van der Waals surface area (Å²) in [6, 6.07) is 7.58. The predicted octanol–water partition coefficient (Wildman–Crippen LogP) is 3.97. The SMILES string of the molecule is CCCCCCC(=O)C(C#N)c1ccc(F)cc1. The summed E-state index contributed by atoms with van der Waals surface area (Å²) in [5.74, 6) is -1.18. The zero-order valence-corrected chi connectivity index (χ0v) is 10.7. The predicted molar refractivity (Wildman–Crippen MR) is 68.5 cm³/mol. The average molecular weight is 247 g/mol. The first kappa shape index (κ1) is 14.4. The third kappa shape index (κ3) is 4.29. The summed E-state index contributed by atoms with van der Waals surface area (Å²) in [5, 5.41) is 9.06. The number of carbonyl (C=O) groups is 1. The van der Waals surface area contributed by atoms with E-state index in [1.54, 1.807) is 0 Å². The quantitative estimate of drug-likeness (QED) is 0.684. The molecule has 1 aromatic carbocycles. The van der Waals surface area contributed by atoms with Gasteiger partial charge in [0.05, 0.1) is 6.07 Å². The topological polar surface area (TPSA) is 40.9 Å². The fraction of sp³-hybridized carbons (Fsp3) is 0.467. The summed E-state index contributed by atoms with van der Waals surface area (Å²) in [4.78, 5) is 11.9. The molecule has 0 aromatic heterocycles. The first-order chi connectivity index (χ1) is 8.69. The Kier molecular flexibility index (Phi) is 6.07. The molecule has 0 aliphatic rings. The number of hydrogen-bond acceptors (Lipinski definition) is 2. The zero-order chi connectivity index (χ0) is 13.4. The number of nitrogens with zero attached hydrogens (tertiary/aromatic N) is 1. The van der Waals surface area contributed by atoms with Crippen LogP contribution in [0.5, 0.6) is 0 Å². The number of Topliss-reactive ketones (excluding diaryl/α,β-unsaturated/α-hetero) is 1. The van der Waals surface area contributed by atoms with Gasteiger partial charge in [0.1, 0.15) is 11.7 Å². The van der Waals surface area contributed by atoms with Crippen LogP contribution >= 0.6 is 0 Å². The number of rotatable bonds is 7. The van der Waals surface area contributed by atoms with Crippen LogP contribution in [0.15, 0.2) is 24.3 Å². The third-order valence-corrected chi connectivity index (χ3v) is 2.93. The van der Waals surface area contributed by atoms with Gasteiger partial charge >= 0.3 is 0 Å². The van der Waals surface area contributed by atoms with Crippen LogP contribution in [0.2, 0.25) is 0 Å². The first-order valence-corrected chi connectivity index (χ1v) is 6.36. The molecule has 3 heteroatoms. The van der Waals surface area contributed by atoms with Gasteiger partial charge in [0.25, 0.3) is 0 Å². The number of hydrogen-bond donors (Lipinski definition) is 0. The molecule has 0 N–H and O–H groups in total. The summed E-state index contributed by atoms with van der Waals surface area (Å²) in [5.41, 5.74) is 0.583. The lowest BCUT2D eigenvalue weighted by molar-refractivity contribution is -0.119. The molecule has 2 nitrogen and oxygen atoms in total. The summed E-state index contributed by atoms with van der Waals surface area (Å²) in [6.07, 6.45) is 4.50. The molecule has 0 aliphatic heterocycles. The minimum Gasteiger partial charge on any atom is -0.298 e. The van der Waals surface area contributed by atoms with E-state index in [1.165, 1.54) is 24.3 Å². The Bertz CT molecular complexity index is 419. The van der Waals surface area contributed by atoms with Gasteiger partial charge in [-0.15, -0.1) is 0 Å². The Balaban J connectivity index is 2.58. The van der Waals surface area contributed by atoms with E-state index in [9.17, 15) is 9.18 Å². The number of carbonyl (C=O) groups excluding carboxylic acids is 1. The smallest absolute Gasteiger partial charge is 0.154 e. The highest BCUT2D eigenvalue weighted by molar-refractivity contribution is 5.88. The van der Waals surface area contributed by atoms with Crippen molar-refractivity contribution < 1.29 is 9.18 Å². The van der Waals surface area contributed by atoms with Gasteiger partial charge in [0.2, 0.25) is 0 Å². The number of nitriles is 1. The van der Waals surface area contributed by atoms with Crippen LogP contribution in [-0.4, -0.2) is 5.78 Å². The van der Waals surface area contributed by atoms with Crippen LogP contribution in [-0.2, 0) is 4.79 Å². The van der Waals surface area contributed by atoms with E-state index in [-0.39, 0.29) is 11.6 Å². The average Bonchev–Trinajstić information content (AvgIpc) is 2.38. The second kappa shape index (κ2) is 7.60. The number of halogens is 1. The molecule has 1 atom stereocenters. The molecule has 0 amide bonds. The maximum Gasteiger partial charge on any atom is 0.154 e. The molecule has 0 bridgehead atoms. The maximum absolute atomic E-state index is 12.8. The van der Waals surface area contributed by atoms with Gasteiger partial charge in [-0.1, -0.05) is 38.3 Å². The largest absolute Gasteiger partial charge is 0.298 e. The van der Waals surface area contributed by atoms with Gasteiger partial charge in [-0.2, -0.15) is 5.26 Å². The van der Waals surface area contributed by atoms with Crippen LogP contribution in [0.3, 0.4) is 0 Å². The molecule has 0 heterocycles. The summed E-state index contributed by atoms with van der Waals surface area (Å²) in [6.45, 7) is 2.11. The highest BCUT2D eigenvalue weighted by Gasteiger charge is 2.19. The van der Waals surface area contributed by atoms with E-state index in [2.05, 4.69) is 6.92 Å². The fourth-order valence-corrected chi connectivity index (χ4v) is 1.86. The molecule has 1 aromatic rings. The van der Waals surface area contributed by atoms with Crippen LogP contribution in [0.25, 0.3) is 0 Å². The van der Waals surface area contributed by atoms with E-state index in [1.807, 2.05) is 6.07 Å². The molecule has 0 radical (unpaired) electrons. The van der Waals surface area contributed by atoms with Crippen molar-refractivity contribution in [2.24, 2.45) is 0 Å². The van der Waals surface area contributed by atoms with Crippen molar-refractivity contribution in [3.05, 3.63) is 35.6 Å². The highest BCUT2D eigenvalue weighted by atomic mass is 19.1. The number of ketones is 1. The van der Waals surface area contributed by atoms with E-state index >= 15 is 0 Å². The first-order valence-electron chi connectivity index (χ1n) is 6.36. The lowest BCUT2D eigenvalue weighted by Gasteiger charge is -2.08. The van der Waals surface area contributed by atoms with Crippen molar-refractivity contribution in [1.82, 2.24) is 0 Å². The van der Waals surface area contributed by atoms with Crippen LogP contribution < -0.4 is 0 Å². The van der Waals surface area contributed by atoms with Crippen molar-refractivity contribution in [3.63, 3.8) is 0 Å². The Hall–Kier alpha value is -1.69. The van der Waals surface area contributed by atoms with E-state index in [0.29, 0.717) is 12.0 Å². The Morgan fingerprint density at radius 1 is 1.28 bits per heavy atom. The minimum absolute atomic E-state index is 0.0692. The van der Waals surface area contributed by atoms with Gasteiger partial charge in [0.15, 0.2) is 5.78 Å². The molecule has 96 valence electrons. The van der Waals surface area contributed by atoms with Gasteiger partial charge in [0, 0.05) is 6.42 Å². The van der Waals surface area contributed by atoms with Crippen LogP contribution in [0.1, 0.15) is 50.5 Å². The molecule has 0 saturated carbocycles. The molecule has 18 heavy (non-hydrogen) atoms. The van der Waals surface area contributed by atoms with Crippen molar-refractivity contribution in [2.45, 2.75) is 44.9 Å². The normalized spacial score (nSPS) is 11.8. The molecule has 0 spiro atoms. The maximum atomic E-state index is 12.8. The Labute approximate surface area is 107 Å². The molecule has 1 unspecified atom stereocenters. The van der Waals surface area contributed by atoms with E-state index in [4.69, 9.17) is 5.26 Å². The standard InChI is InChI=1S/C15H18FNO/c1-2-3-4-5-6-15(18)14(11-17)12-7-9-13(16)10-8-12/h7-10,14H,2-6H2,1H3. The van der Waals surface area contributed by atoms with Gasteiger partial charge < -0.3 is 0 Å². The van der Waals surface area contributed by atoms with E-state index in [0.717, 1.165) is 25.7 Å². The lowest BCUT2D eigenvalue weighted by atomic mass is 9.93. The van der Waals surface area contributed by atoms with Crippen LogP contribution in [0.4, 0.5) is 4.39 Å². The summed E-state index contributed by atoms with van der Waals surface area (Å²) >= 11 is 0. The van der Waals surface area contributed by atoms with Crippen molar-refractivity contribution in [2.75, 3.05) is 0 Å². The number of unbranched alkanes of at least 4 members (excludes halogenated alkanes) is 3. The summed E-state index contributed by atoms with van der Waals surface area (Å²) in [7, 11) is 0. The number of benzene rings is 1. The third-order valence-electron chi connectivity index (χ3n) is 2.93. The van der Waals surface area contributed by atoms with Crippen molar-refractivity contribution in [1.29, 1.82) is 5.26 Å². The Morgan fingerprint density at radius 2 is 1.94 bits per heavy atom. The second-order valence-corrected chi connectivity index (χ2v) is 4.39. The zero-order valence-electron chi connectivity index (χ0n) is 10.7. The fourth-order valence-electron chi connectivity index (χ4n) is 1.86. The molecular weight excluding hydrogens is 229 g/mol. The summed E-state index contributed by atoms with van der Waals surface area (Å²) < 4.78 is 12.8. The van der Waals surface area contributed by atoms with Crippen LogP contribution in [0, 0.1) is 17.1 Å². The highest BCUT2D eigenvalue weighted by Crippen LogP contribution is 2.19. The monoisotopic (exact) mass is 247 g/mol. The van der Waals surface area contributed by atoms with E-state index < -0.39 is 5.92 Å². The lowest BCUT2D eigenvalue weighted by Crippen LogP contribution is -2.10. The Morgan fingerprint density at radius 3 is 2.50 bits per heavy atom. The van der Waals surface area contributed by atoms with Gasteiger partial charge in [-0.3, -0.25) is 4.79 Å². The van der Waals surface area contributed by atoms with Gasteiger partial charge in [-0.25, -0.2) is 4.39 Å². The minimum atomic E-state index is -0.757. The van der Waals surface area contributed by atoms with Crippen molar-refractivity contribution in [3.8, 4) is 6.07 Å². The molecular formula is C15H18FNO. The molecule has 1 rings (SSSR count). The molecule has 0 aliphatic carbocycles. The second-order valence-electron chi connectivity index (χ2n) is 4.39. The molecule has 0 fully saturated rings. The molecule has 0 saturated heterocycles. The van der Waals surface area contributed by atoms with Gasteiger partial charge in [-0.05, 0) is 24.1 Å². The van der Waals surface area contributed by atoms with Crippen molar-refractivity contribution >= 4 is 5.78 Å².